The molecular weight excluding hydrogens is 422 g/mol. The highest BCUT2D eigenvalue weighted by atomic mass is 32.1. The van der Waals surface area contributed by atoms with Gasteiger partial charge in [0, 0.05) is 23.8 Å². The number of hydrogen-bond acceptors (Lipinski definition) is 5. The van der Waals surface area contributed by atoms with Gasteiger partial charge in [-0.1, -0.05) is 26.0 Å². The molecule has 0 aliphatic rings. The lowest BCUT2D eigenvalue weighted by Gasteiger charge is -2.13. The van der Waals surface area contributed by atoms with Gasteiger partial charge in [0.25, 0.3) is 5.91 Å². The molecule has 0 spiro atoms. The van der Waals surface area contributed by atoms with E-state index in [9.17, 15) is 9.59 Å². The molecule has 0 aliphatic heterocycles. The van der Waals surface area contributed by atoms with Crippen molar-refractivity contribution in [3.05, 3.63) is 59.1 Å². The topological polar surface area (TPSA) is 88.9 Å². The molecule has 32 heavy (non-hydrogen) atoms. The van der Waals surface area contributed by atoms with E-state index in [1.54, 1.807) is 28.3 Å². The van der Waals surface area contributed by atoms with Crippen molar-refractivity contribution in [3.63, 3.8) is 0 Å². The Bertz CT molecular complexity index is 1290. The average Bonchev–Trinajstić information content (AvgIpc) is 3.45. The van der Waals surface area contributed by atoms with Gasteiger partial charge in [0.15, 0.2) is 5.65 Å². The number of aryl methyl sites for hydroxylation is 2. The molecule has 2 N–H and O–H groups in total. The third-order valence-electron chi connectivity index (χ3n) is 5.20. The van der Waals surface area contributed by atoms with Crippen LogP contribution in [0.3, 0.4) is 0 Å². The van der Waals surface area contributed by atoms with Gasteiger partial charge in [-0.2, -0.15) is 5.10 Å². The number of thiophene rings is 1. The minimum atomic E-state index is -0.249. The summed E-state index contributed by atoms with van der Waals surface area (Å²) in [5.41, 5.74) is 4.11. The van der Waals surface area contributed by atoms with Gasteiger partial charge < -0.3 is 10.6 Å². The maximum absolute atomic E-state index is 13.4. The third kappa shape index (κ3) is 4.27. The number of carbonyl (C=O) groups is 2. The van der Waals surface area contributed by atoms with Crippen molar-refractivity contribution in [1.82, 2.24) is 14.8 Å². The average molecular weight is 448 g/mol. The Hall–Kier alpha value is -3.52. The zero-order valence-corrected chi connectivity index (χ0v) is 19.3. The fourth-order valence-electron chi connectivity index (χ4n) is 3.33. The third-order valence-corrected chi connectivity index (χ3v) is 6.10. The Morgan fingerprint density at radius 2 is 1.97 bits per heavy atom. The number of nitrogens with zero attached hydrogens (tertiary/aromatic N) is 3. The van der Waals surface area contributed by atoms with Crippen LogP contribution in [0.5, 0.6) is 0 Å². The van der Waals surface area contributed by atoms with Crippen LogP contribution in [0.4, 0.5) is 11.4 Å². The first-order valence-corrected chi connectivity index (χ1v) is 11.4. The summed E-state index contributed by atoms with van der Waals surface area (Å²) < 4.78 is 1.79. The van der Waals surface area contributed by atoms with Crippen LogP contribution in [0.1, 0.15) is 36.7 Å². The molecule has 4 aromatic rings. The lowest BCUT2D eigenvalue weighted by Crippen LogP contribution is -2.18. The molecule has 164 valence electrons. The summed E-state index contributed by atoms with van der Waals surface area (Å²) in [5, 5.41) is 13.0. The largest absolute Gasteiger partial charge is 0.326 e. The molecule has 0 atom stereocenters. The number of rotatable bonds is 6. The van der Waals surface area contributed by atoms with Crippen LogP contribution < -0.4 is 10.6 Å². The van der Waals surface area contributed by atoms with Crippen molar-refractivity contribution in [3.8, 4) is 10.6 Å². The molecule has 2 amide bonds. The van der Waals surface area contributed by atoms with Gasteiger partial charge in [-0.05, 0) is 49.1 Å². The van der Waals surface area contributed by atoms with E-state index in [2.05, 4.69) is 15.7 Å². The lowest BCUT2D eigenvalue weighted by molar-refractivity contribution is -0.118. The highest BCUT2D eigenvalue weighted by Gasteiger charge is 2.19. The molecule has 3 heterocycles. The van der Waals surface area contributed by atoms with Gasteiger partial charge in [0.1, 0.15) is 0 Å². The number of pyridine rings is 1. The van der Waals surface area contributed by atoms with E-state index in [0.717, 1.165) is 16.1 Å². The van der Waals surface area contributed by atoms with Crippen molar-refractivity contribution in [2.75, 3.05) is 10.6 Å². The van der Waals surface area contributed by atoms with Crippen molar-refractivity contribution >= 4 is 45.6 Å². The fraction of sp³-hybridized carbons (Fsp3) is 0.250. The summed E-state index contributed by atoms with van der Waals surface area (Å²) >= 11 is 1.57. The molecule has 0 saturated heterocycles. The van der Waals surface area contributed by atoms with Crippen molar-refractivity contribution in [2.24, 2.45) is 5.92 Å². The van der Waals surface area contributed by atoms with Gasteiger partial charge in [-0.25, -0.2) is 9.67 Å². The highest BCUT2D eigenvalue weighted by Crippen LogP contribution is 2.29. The smallest absolute Gasteiger partial charge is 0.256 e. The normalized spacial score (nSPS) is 11.2. The van der Waals surface area contributed by atoms with Gasteiger partial charge in [-0.3, -0.25) is 9.59 Å². The van der Waals surface area contributed by atoms with Gasteiger partial charge in [-0.15, -0.1) is 11.3 Å². The van der Waals surface area contributed by atoms with Crippen LogP contribution >= 0.6 is 11.3 Å². The summed E-state index contributed by atoms with van der Waals surface area (Å²) in [4.78, 5) is 31.2. The maximum Gasteiger partial charge on any atom is 0.256 e. The predicted octanol–water partition coefficient (Wildman–Crippen LogP) is 5.33. The molecule has 0 fully saturated rings. The monoisotopic (exact) mass is 447 g/mol. The number of benzene rings is 1. The zero-order chi connectivity index (χ0) is 22.8. The standard InChI is InChI=1S/C24H25N5O2S/c1-5-29-22-18(13-25-29)17(12-20(27-22)21-7-6-10-32-21)24(31)28-19-11-16(9-8-15(19)4)26-23(30)14(2)3/h6-14H,5H2,1-4H3,(H,26,30)(H,28,31). The molecule has 0 saturated carbocycles. The van der Waals surface area contributed by atoms with E-state index in [-0.39, 0.29) is 17.7 Å². The number of carbonyl (C=O) groups excluding carboxylic acids is 2. The van der Waals surface area contributed by atoms with E-state index in [1.165, 1.54) is 0 Å². The SMILES string of the molecule is CCn1ncc2c(C(=O)Nc3cc(NC(=O)C(C)C)ccc3C)cc(-c3cccs3)nc21. The van der Waals surface area contributed by atoms with Gasteiger partial charge in [0.05, 0.1) is 27.7 Å². The highest BCUT2D eigenvalue weighted by molar-refractivity contribution is 7.13. The molecule has 1 aromatic carbocycles. The molecule has 7 nitrogen and oxygen atoms in total. The van der Waals surface area contributed by atoms with E-state index in [4.69, 9.17) is 4.98 Å². The second kappa shape index (κ2) is 8.92. The van der Waals surface area contributed by atoms with Crippen LogP contribution in [0.25, 0.3) is 21.6 Å². The summed E-state index contributed by atoms with van der Waals surface area (Å²) in [6, 6.07) is 11.2. The van der Waals surface area contributed by atoms with Crippen molar-refractivity contribution in [2.45, 2.75) is 34.2 Å². The fourth-order valence-corrected chi connectivity index (χ4v) is 4.01. The number of amides is 2. The van der Waals surface area contributed by atoms with Crippen LogP contribution in [0, 0.1) is 12.8 Å². The molecule has 4 rings (SSSR count). The summed E-state index contributed by atoms with van der Waals surface area (Å²) in [5.74, 6) is -0.457. The molecule has 0 aliphatic carbocycles. The molecule has 8 heteroatoms. The Kier molecular flexibility index (Phi) is 6.05. The first-order valence-electron chi connectivity index (χ1n) is 10.5. The Morgan fingerprint density at radius 1 is 1.16 bits per heavy atom. The molecule has 0 bridgehead atoms. The first kappa shape index (κ1) is 21.7. The van der Waals surface area contributed by atoms with E-state index in [1.807, 2.05) is 63.4 Å². The Labute approximate surface area is 190 Å². The van der Waals surface area contributed by atoms with Crippen LogP contribution in [0.15, 0.2) is 48.0 Å². The predicted molar refractivity (Wildman–Crippen MR) is 129 cm³/mol. The summed E-state index contributed by atoms with van der Waals surface area (Å²) in [6.07, 6.45) is 1.69. The van der Waals surface area contributed by atoms with Crippen molar-refractivity contribution < 1.29 is 9.59 Å². The first-order chi connectivity index (χ1) is 15.4. The second-order valence-corrected chi connectivity index (χ2v) is 8.81. The number of nitrogens with one attached hydrogen (secondary N) is 2. The minimum absolute atomic E-state index is 0.0745. The number of aromatic nitrogens is 3. The van der Waals surface area contributed by atoms with Crippen LogP contribution in [0.2, 0.25) is 0 Å². The van der Waals surface area contributed by atoms with Gasteiger partial charge >= 0.3 is 0 Å². The zero-order valence-electron chi connectivity index (χ0n) is 18.5. The van der Waals surface area contributed by atoms with Crippen molar-refractivity contribution in [1.29, 1.82) is 0 Å². The number of anilines is 2. The Morgan fingerprint density at radius 3 is 2.66 bits per heavy atom. The summed E-state index contributed by atoms with van der Waals surface area (Å²) in [6.45, 7) is 8.23. The lowest BCUT2D eigenvalue weighted by atomic mass is 10.1. The van der Waals surface area contributed by atoms with E-state index < -0.39 is 0 Å². The molecule has 0 unspecified atom stereocenters. The van der Waals surface area contributed by atoms with Gasteiger partial charge in [0.2, 0.25) is 5.91 Å². The minimum Gasteiger partial charge on any atom is -0.326 e. The maximum atomic E-state index is 13.4. The second-order valence-electron chi connectivity index (χ2n) is 7.86. The molecular formula is C24H25N5O2S. The van der Waals surface area contributed by atoms with E-state index >= 15 is 0 Å². The summed E-state index contributed by atoms with van der Waals surface area (Å²) in [7, 11) is 0. The van der Waals surface area contributed by atoms with E-state index in [0.29, 0.717) is 34.5 Å². The molecule has 0 radical (unpaired) electrons. The number of fused-ring (bicyclic) bond motifs is 1. The molecule has 3 aromatic heterocycles. The van der Waals surface area contributed by atoms with Crippen LogP contribution in [-0.4, -0.2) is 26.6 Å². The van der Waals surface area contributed by atoms with Crippen LogP contribution in [-0.2, 0) is 11.3 Å². The quantitative estimate of drug-likeness (QED) is 0.418. The number of hydrogen-bond donors (Lipinski definition) is 2. The Balaban J connectivity index is 1.71.